The van der Waals surface area contributed by atoms with Gasteiger partial charge in [0.1, 0.15) is 11.4 Å². The molecule has 0 saturated carbocycles. The summed E-state index contributed by atoms with van der Waals surface area (Å²) in [6, 6.07) is 0. The van der Waals surface area contributed by atoms with Crippen molar-refractivity contribution in [2.24, 2.45) is 5.92 Å². The van der Waals surface area contributed by atoms with E-state index in [1.54, 1.807) is 0 Å². The lowest BCUT2D eigenvalue weighted by Gasteiger charge is -2.45. The molecule has 4 rings (SSSR count). The van der Waals surface area contributed by atoms with E-state index in [1.807, 2.05) is 12.4 Å². The van der Waals surface area contributed by atoms with Crippen LogP contribution in [0.5, 0.6) is 0 Å². The summed E-state index contributed by atoms with van der Waals surface area (Å²) >= 11 is 0. The van der Waals surface area contributed by atoms with Gasteiger partial charge in [-0.15, -0.1) is 0 Å². The maximum atomic E-state index is 12.8. The average Bonchev–Trinajstić information content (AvgIpc) is 3.33. The smallest absolute Gasteiger partial charge is 0.251 e. The van der Waals surface area contributed by atoms with Crippen molar-refractivity contribution in [2.45, 2.75) is 63.9 Å². The van der Waals surface area contributed by atoms with Crippen LogP contribution in [0.1, 0.15) is 45.4 Å². The second-order valence-corrected chi connectivity index (χ2v) is 8.58. The molecule has 0 bridgehead atoms. The van der Waals surface area contributed by atoms with Crippen LogP contribution in [0.4, 0.5) is 0 Å². The van der Waals surface area contributed by atoms with Crippen LogP contribution in [-0.4, -0.2) is 65.4 Å². The first-order chi connectivity index (χ1) is 13.1. The number of ether oxygens (including phenoxy) is 2. The van der Waals surface area contributed by atoms with Crippen LogP contribution < -0.4 is 5.32 Å². The van der Waals surface area contributed by atoms with Crippen molar-refractivity contribution >= 4 is 5.91 Å². The number of hydrogen-bond donors (Lipinski definition) is 1. The van der Waals surface area contributed by atoms with E-state index < -0.39 is 11.7 Å². The molecule has 1 aromatic rings. The maximum absolute atomic E-state index is 12.8. The lowest BCUT2D eigenvalue weighted by molar-refractivity contribution is -0.174. The number of piperidine rings is 1. The minimum Gasteiger partial charge on any atom is -0.376 e. The summed E-state index contributed by atoms with van der Waals surface area (Å²) in [7, 11) is 0. The van der Waals surface area contributed by atoms with Crippen molar-refractivity contribution in [1.29, 1.82) is 0 Å². The van der Waals surface area contributed by atoms with Crippen LogP contribution in [0, 0.1) is 5.92 Å². The Morgan fingerprint density at radius 2 is 2.22 bits per heavy atom. The highest BCUT2D eigenvalue weighted by Crippen LogP contribution is 2.40. The van der Waals surface area contributed by atoms with E-state index in [4.69, 9.17) is 9.47 Å². The minimum atomic E-state index is -0.468. The molecule has 1 amide bonds. The molecule has 3 aliphatic rings. The number of nitrogens with one attached hydrogen (secondary N) is 1. The molecule has 1 spiro atoms. The van der Waals surface area contributed by atoms with Gasteiger partial charge in [0.2, 0.25) is 0 Å². The molecule has 7 heteroatoms. The lowest BCUT2D eigenvalue weighted by atomic mass is 9.88. The molecule has 150 valence electrons. The van der Waals surface area contributed by atoms with Crippen molar-refractivity contribution < 1.29 is 14.3 Å². The third-order valence-electron chi connectivity index (χ3n) is 5.96. The SMILES string of the molecule is CC(C)CN1CCC2(CC1)O[C@H](C(=O)NC[C@@H]1CCCO1)Cn1ccnc12. The zero-order valence-electron chi connectivity index (χ0n) is 16.5. The summed E-state index contributed by atoms with van der Waals surface area (Å²) in [5, 5.41) is 3.04. The van der Waals surface area contributed by atoms with Crippen LogP contribution in [0.25, 0.3) is 0 Å². The number of fused-ring (bicyclic) bond motifs is 2. The molecule has 2 saturated heterocycles. The Labute approximate surface area is 161 Å². The van der Waals surface area contributed by atoms with Gasteiger partial charge in [0, 0.05) is 45.2 Å². The highest BCUT2D eigenvalue weighted by atomic mass is 16.5. The Bertz CT molecular complexity index is 645. The van der Waals surface area contributed by atoms with Crippen molar-refractivity contribution in [3.63, 3.8) is 0 Å². The number of carbonyl (C=O) groups excluding carboxylic acids is 1. The number of hydrogen-bond acceptors (Lipinski definition) is 5. The summed E-state index contributed by atoms with van der Waals surface area (Å²) in [4.78, 5) is 19.9. The molecule has 1 aromatic heterocycles. The topological polar surface area (TPSA) is 68.6 Å². The number of aromatic nitrogens is 2. The fourth-order valence-corrected chi connectivity index (χ4v) is 4.62. The zero-order valence-corrected chi connectivity index (χ0v) is 16.5. The molecule has 3 aliphatic heterocycles. The third-order valence-corrected chi connectivity index (χ3v) is 5.96. The van der Waals surface area contributed by atoms with Crippen LogP contribution in [0.3, 0.4) is 0 Å². The molecule has 4 heterocycles. The van der Waals surface area contributed by atoms with Crippen LogP contribution in [-0.2, 0) is 26.4 Å². The molecular formula is C20H32N4O3. The first-order valence-electron chi connectivity index (χ1n) is 10.4. The van der Waals surface area contributed by atoms with Gasteiger partial charge >= 0.3 is 0 Å². The first-order valence-corrected chi connectivity index (χ1v) is 10.4. The standard InChI is InChI=1S/C20H32N4O3/c1-15(2)13-23-8-5-20(6-9-23)19-21-7-10-24(19)14-17(27-20)18(25)22-12-16-4-3-11-26-16/h7,10,15-17H,3-6,8-9,11-14H2,1-2H3,(H,22,25)/t16-,17-/m0/s1. The van der Waals surface area contributed by atoms with E-state index in [2.05, 4.69) is 33.6 Å². The second kappa shape index (κ2) is 7.89. The Hall–Kier alpha value is -1.44. The largest absolute Gasteiger partial charge is 0.376 e. The summed E-state index contributed by atoms with van der Waals surface area (Å²) in [6.45, 7) is 9.48. The van der Waals surface area contributed by atoms with E-state index in [-0.39, 0.29) is 12.0 Å². The molecule has 2 atom stereocenters. The van der Waals surface area contributed by atoms with E-state index in [9.17, 15) is 4.79 Å². The van der Waals surface area contributed by atoms with Gasteiger partial charge in [0.25, 0.3) is 5.91 Å². The van der Waals surface area contributed by atoms with Gasteiger partial charge in [-0.2, -0.15) is 0 Å². The molecule has 0 unspecified atom stereocenters. The van der Waals surface area contributed by atoms with Crippen molar-refractivity contribution in [2.75, 3.05) is 32.8 Å². The third kappa shape index (κ3) is 4.05. The van der Waals surface area contributed by atoms with Crippen molar-refractivity contribution in [3.8, 4) is 0 Å². The van der Waals surface area contributed by atoms with Gasteiger partial charge in [0.05, 0.1) is 12.6 Å². The van der Waals surface area contributed by atoms with E-state index in [0.717, 1.165) is 57.7 Å². The monoisotopic (exact) mass is 376 g/mol. The molecule has 2 fully saturated rings. The molecular weight excluding hydrogens is 344 g/mol. The minimum absolute atomic E-state index is 0.0335. The number of nitrogens with zero attached hydrogens (tertiary/aromatic N) is 3. The number of imidazole rings is 1. The molecule has 0 radical (unpaired) electrons. The lowest BCUT2D eigenvalue weighted by Crippen LogP contribution is -2.54. The Morgan fingerprint density at radius 3 is 2.93 bits per heavy atom. The molecule has 0 aromatic carbocycles. The summed E-state index contributed by atoms with van der Waals surface area (Å²) in [5.74, 6) is 1.60. The van der Waals surface area contributed by atoms with E-state index in [1.165, 1.54) is 0 Å². The Morgan fingerprint density at radius 1 is 1.41 bits per heavy atom. The highest BCUT2D eigenvalue weighted by molar-refractivity contribution is 5.81. The maximum Gasteiger partial charge on any atom is 0.251 e. The van der Waals surface area contributed by atoms with Crippen LogP contribution in [0.2, 0.25) is 0 Å². The van der Waals surface area contributed by atoms with Gasteiger partial charge in [0.15, 0.2) is 6.10 Å². The van der Waals surface area contributed by atoms with E-state index in [0.29, 0.717) is 19.0 Å². The Kier molecular flexibility index (Phi) is 5.53. The second-order valence-electron chi connectivity index (χ2n) is 8.58. The summed E-state index contributed by atoms with van der Waals surface area (Å²) in [6.07, 6.45) is 7.34. The quantitative estimate of drug-likeness (QED) is 0.844. The van der Waals surface area contributed by atoms with Gasteiger partial charge in [-0.05, 0) is 31.6 Å². The predicted octanol–water partition coefficient (Wildman–Crippen LogP) is 1.52. The summed E-state index contributed by atoms with van der Waals surface area (Å²) in [5.41, 5.74) is -0.443. The van der Waals surface area contributed by atoms with Gasteiger partial charge in [-0.1, -0.05) is 13.8 Å². The highest BCUT2D eigenvalue weighted by Gasteiger charge is 2.47. The molecule has 27 heavy (non-hydrogen) atoms. The number of rotatable bonds is 5. The Balaban J connectivity index is 1.42. The normalized spacial score (nSPS) is 27.8. The van der Waals surface area contributed by atoms with Gasteiger partial charge in [-0.25, -0.2) is 4.98 Å². The zero-order chi connectivity index (χ0) is 18.9. The summed E-state index contributed by atoms with van der Waals surface area (Å²) < 4.78 is 14.2. The molecule has 1 N–H and O–H groups in total. The van der Waals surface area contributed by atoms with Crippen LogP contribution >= 0.6 is 0 Å². The van der Waals surface area contributed by atoms with Crippen molar-refractivity contribution in [1.82, 2.24) is 19.8 Å². The number of amides is 1. The van der Waals surface area contributed by atoms with Gasteiger partial charge in [-0.3, -0.25) is 4.79 Å². The average molecular weight is 377 g/mol. The van der Waals surface area contributed by atoms with Crippen LogP contribution in [0.15, 0.2) is 12.4 Å². The first kappa shape index (κ1) is 18.9. The predicted molar refractivity (Wildman–Crippen MR) is 101 cm³/mol. The fraction of sp³-hybridized carbons (Fsp3) is 0.800. The number of likely N-dealkylation sites (tertiary alicyclic amines) is 1. The van der Waals surface area contributed by atoms with E-state index >= 15 is 0 Å². The molecule has 0 aliphatic carbocycles. The number of carbonyl (C=O) groups is 1. The van der Waals surface area contributed by atoms with Gasteiger partial charge < -0.3 is 24.3 Å². The molecule has 7 nitrogen and oxygen atoms in total. The fourth-order valence-electron chi connectivity index (χ4n) is 4.62. The van der Waals surface area contributed by atoms with Crippen molar-refractivity contribution in [3.05, 3.63) is 18.2 Å².